The number of halogens is 4. The Labute approximate surface area is 673 Å². The maximum Gasteiger partial charge on any atom is 0.270 e. The third-order valence-corrected chi connectivity index (χ3v) is 19.2. The highest BCUT2D eigenvalue weighted by atomic mass is 19.1. The molecule has 0 fully saturated rings. The van der Waals surface area contributed by atoms with Crippen molar-refractivity contribution in [2.75, 3.05) is 52.6 Å². The Hall–Kier alpha value is -14.3. The molecule has 12 heterocycles. The molecule has 16 rings (SSSR count). The van der Waals surface area contributed by atoms with Crippen LogP contribution in [0.1, 0.15) is 76.8 Å². The van der Waals surface area contributed by atoms with Crippen LogP contribution in [0.4, 0.5) is 17.6 Å². The molecule has 0 radical (unpaired) electrons. The topological polar surface area (TPSA) is 318 Å². The summed E-state index contributed by atoms with van der Waals surface area (Å²) in [6.07, 6.45) is 21.1. The average molecular weight is 1590 g/mol. The Morgan fingerprint density at radius 1 is 0.339 bits per heavy atom. The first-order chi connectivity index (χ1) is 57.3. The van der Waals surface area contributed by atoms with Crippen molar-refractivity contribution < 1.29 is 57.2 Å². The van der Waals surface area contributed by atoms with Gasteiger partial charge in [0.25, 0.3) is 23.6 Å². The van der Waals surface area contributed by atoms with Crippen molar-refractivity contribution in [3.8, 4) is 89.5 Å². The van der Waals surface area contributed by atoms with Crippen LogP contribution in [-0.4, -0.2) is 155 Å². The molecule has 0 saturated heterocycles. The van der Waals surface area contributed by atoms with Crippen LogP contribution in [0.5, 0.6) is 0 Å². The Morgan fingerprint density at radius 2 is 0.653 bits per heavy atom. The van der Waals surface area contributed by atoms with Gasteiger partial charge < -0.3 is 41.7 Å². The lowest BCUT2D eigenvalue weighted by atomic mass is 9.98. The molecule has 118 heavy (non-hydrogen) atoms. The standard InChI is InChI=1S/2C23H21FN4O2.2C22H19FN4O2/c1-15-12-16(5-7-19(15)24)22-18(4-2-9-25-22)17-6-8-21-27-13-20(28(21)14-17)23(30)26-10-3-11-29;1-15-12-17(5-6-20(15)24)22-18(4-2-8-25-22)16-7-10-28-21(13-16)19(14-27-28)23(30)26-9-3-11-29;1-14-11-15(4-6-18(14)23)21-17(3-2-8-24-21)16-5-7-20-26-12-19(27(20)13-16)22(29)25-9-10-28;1-14-11-16(4-5-19(14)23)21-17(3-2-7-24-21)15-6-9-27-20(12-15)18(13-26-27)22(29)25-8-10-28/h2,4-9,12-14,29H,3,10-11H2,1H3,(H,26,30);2,4-8,10,12-14,29H,3,9,11H2,1H3,(H,26,30);2-8,11-13,28H,9-10H2,1H3,(H,25,29);2-7,9,11-13,28H,8,10H2,1H3,(H,25,29). The predicted octanol–water partition coefficient (Wildman–Crippen LogP) is 13.7. The molecule has 24 nitrogen and oxygen atoms in total. The fourth-order valence-corrected chi connectivity index (χ4v) is 13.2. The number of rotatable bonds is 22. The zero-order chi connectivity index (χ0) is 82.9. The number of nitrogens with zero attached hydrogens (tertiary/aromatic N) is 12. The van der Waals surface area contributed by atoms with Gasteiger partial charge in [0, 0.05) is 145 Å². The molecule has 0 bridgehead atoms. The van der Waals surface area contributed by atoms with E-state index in [1.807, 2.05) is 109 Å². The van der Waals surface area contributed by atoms with Gasteiger partial charge in [-0.05, 0) is 220 Å². The van der Waals surface area contributed by atoms with Crippen molar-refractivity contribution in [1.82, 2.24) is 79.2 Å². The minimum atomic E-state index is -0.315. The number of aryl methyl sites for hydroxylation is 4. The van der Waals surface area contributed by atoms with Crippen LogP contribution >= 0.6 is 0 Å². The minimum absolute atomic E-state index is 0.0181. The lowest BCUT2D eigenvalue weighted by Crippen LogP contribution is -2.27. The van der Waals surface area contributed by atoms with Gasteiger partial charge in [0.2, 0.25) is 0 Å². The molecule has 0 saturated carbocycles. The van der Waals surface area contributed by atoms with Crippen LogP contribution in [-0.2, 0) is 0 Å². The fraction of sp³-hybridized carbons (Fsp3) is 0.156. The molecule has 4 amide bonds. The van der Waals surface area contributed by atoms with Gasteiger partial charge in [-0.1, -0.05) is 24.3 Å². The second kappa shape index (κ2) is 37.8. The summed E-state index contributed by atoms with van der Waals surface area (Å²) in [6, 6.07) is 49.9. The van der Waals surface area contributed by atoms with Crippen LogP contribution in [0, 0.1) is 51.0 Å². The number of hydrogen-bond donors (Lipinski definition) is 8. The molecule has 0 unspecified atom stereocenters. The highest BCUT2D eigenvalue weighted by Gasteiger charge is 2.22. The first-order valence-electron chi connectivity index (χ1n) is 37.7. The lowest BCUT2D eigenvalue weighted by Gasteiger charge is -2.11. The number of hydrogen-bond acceptors (Lipinski definition) is 16. The Kier molecular flexibility index (Phi) is 26.1. The van der Waals surface area contributed by atoms with Gasteiger partial charge in [-0.2, -0.15) is 10.2 Å². The molecule has 0 aliphatic heterocycles. The average Bonchev–Trinajstić information content (AvgIpc) is 1.55. The molecule has 0 spiro atoms. The number of fused-ring (bicyclic) bond motifs is 4. The molecule has 4 aromatic carbocycles. The van der Waals surface area contributed by atoms with E-state index in [4.69, 9.17) is 20.4 Å². The Morgan fingerprint density at radius 3 is 0.983 bits per heavy atom. The summed E-state index contributed by atoms with van der Waals surface area (Å²) < 4.78 is 61.6. The molecule has 28 heteroatoms. The highest BCUT2D eigenvalue weighted by Crippen LogP contribution is 2.37. The summed E-state index contributed by atoms with van der Waals surface area (Å²) in [4.78, 5) is 76.3. The largest absolute Gasteiger partial charge is 0.396 e. The molecule has 12 aromatic heterocycles. The number of aliphatic hydroxyl groups is 4. The van der Waals surface area contributed by atoms with Crippen LogP contribution in [0.15, 0.2) is 244 Å². The van der Waals surface area contributed by atoms with Gasteiger partial charge in [0.05, 0.1) is 82.9 Å². The van der Waals surface area contributed by atoms with Gasteiger partial charge >= 0.3 is 0 Å². The first kappa shape index (κ1) is 81.7. The molecule has 16 aromatic rings. The molecule has 596 valence electrons. The van der Waals surface area contributed by atoms with Crippen LogP contribution in [0.25, 0.3) is 112 Å². The van der Waals surface area contributed by atoms with Crippen LogP contribution in [0.2, 0.25) is 0 Å². The van der Waals surface area contributed by atoms with Gasteiger partial charge in [-0.25, -0.2) is 36.6 Å². The van der Waals surface area contributed by atoms with Crippen molar-refractivity contribution in [3.05, 3.63) is 312 Å². The summed E-state index contributed by atoms with van der Waals surface area (Å²) in [7, 11) is 0. The normalized spacial score (nSPS) is 11.0. The van der Waals surface area contributed by atoms with E-state index in [0.717, 1.165) is 89.5 Å². The molecule has 8 N–H and O–H groups in total. The number of nitrogens with one attached hydrogen (secondary N) is 4. The van der Waals surface area contributed by atoms with E-state index in [9.17, 15) is 36.7 Å². The van der Waals surface area contributed by atoms with Gasteiger partial charge in [0.1, 0.15) is 46.0 Å². The molecule has 0 atom stereocenters. The summed E-state index contributed by atoms with van der Waals surface area (Å²) >= 11 is 0. The summed E-state index contributed by atoms with van der Waals surface area (Å²) in [6.45, 7) is 7.78. The summed E-state index contributed by atoms with van der Waals surface area (Å²) in [5.74, 6) is -2.14. The van der Waals surface area contributed by atoms with Gasteiger partial charge in [-0.15, -0.1) is 0 Å². The monoisotopic (exact) mass is 1590 g/mol. The van der Waals surface area contributed by atoms with E-state index in [1.54, 1.807) is 131 Å². The van der Waals surface area contributed by atoms with Crippen molar-refractivity contribution in [2.45, 2.75) is 40.5 Å². The van der Waals surface area contributed by atoms with Gasteiger partial charge in [-0.3, -0.25) is 47.9 Å². The van der Waals surface area contributed by atoms with Crippen molar-refractivity contribution in [1.29, 1.82) is 0 Å². The molecule has 0 aliphatic carbocycles. The number of pyridine rings is 8. The molecular weight excluding hydrogens is 1510 g/mol. The summed E-state index contributed by atoms with van der Waals surface area (Å²) in [5, 5.41) is 55.0. The molecule has 0 aliphatic rings. The second-order valence-corrected chi connectivity index (χ2v) is 27.3. The predicted molar refractivity (Wildman–Crippen MR) is 441 cm³/mol. The molecular formula is C90H80F4N16O8. The fourth-order valence-electron chi connectivity index (χ4n) is 13.2. The zero-order valence-corrected chi connectivity index (χ0v) is 64.5. The van der Waals surface area contributed by atoms with Crippen molar-refractivity contribution in [3.63, 3.8) is 0 Å². The van der Waals surface area contributed by atoms with E-state index in [2.05, 4.69) is 61.4 Å². The maximum absolute atomic E-state index is 13.7. The van der Waals surface area contributed by atoms with E-state index in [-0.39, 0.29) is 86.4 Å². The number of aliphatic hydroxyl groups excluding tert-OH is 4. The number of carbonyl (C=O) groups excluding carboxylic acids is 4. The van der Waals surface area contributed by atoms with E-state index >= 15 is 0 Å². The second-order valence-electron chi connectivity index (χ2n) is 27.3. The quantitative estimate of drug-likeness (QED) is 0.0231. The minimum Gasteiger partial charge on any atom is -0.396 e. The highest BCUT2D eigenvalue weighted by molar-refractivity contribution is 6.03. The third-order valence-electron chi connectivity index (χ3n) is 19.2. The number of amides is 4. The number of aromatic nitrogens is 12. The summed E-state index contributed by atoms with van der Waals surface area (Å²) in [5.41, 5.74) is 19.5. The zero-order valence-electron chi connectivity index (χ0n) is 64.5. The Balaban J connectivity index is 0.000000136. The number of carbonyl (C=O) groups is 4. The van der Waals surface area contributed by atoms with Crippen LogP contribution in [0.3, 0.4) is 0 Å². The van der Waals surface area contributed by atoms with E-state index < -0.39 is 0 Å². The first-order valence-corrected chi connectivity index (χ1v) is 37.7. The van der Waals surface area contributed by atoms with Gasteiger partial charge in [0.15, 0.2) is 0 Å². The van der Waals surface area contributed by atoms with E-state index in [1.165, 1.54) is 49.1 Å². The number of imidazole rings is 2. The van der Waals surface area contributed by atoms with Crippen LogP contribution < -0.4 is 21.3 Å². The van der Waals surface area contributed by atoms with Crippen molar-refractivity contribution >= 4 is 46.0 Å². The SMILES string of the molecule is Cc1cc(-c2ncccc2-c2ccc3ncc(C(=O)NCCCO)n3c2)ccc1F.Cc1cc(-c2ncccc2-c2ccc3ncc(C(=O)NCCO)n3c2)ccc1F.Cc1cc(-c2ncccc2-c2ccn3ncc(C(=O)NCCCO)c3c2)ccc1F.Cc1cc(-c2ncccc2-c2ccn3ncc(C(=O)NCCO)c3c2)ccc1F. The maximum atomic E-state index is 13.7. The van der Waals surface area contributed by atoms with E-state index in [0.29, 0.717) is 93.0 Å². The smallest absolute Gasteiger partial charge is 0.270 e. The Bertz CT molecular complexity index is 5980. The lowest BCUT2D eigenvalue weighted by molar-refractivity contribution is 0.0933. The van der Waals surface area contributed by atoms with Crippen molar-refractivity contribution in [2.24, 2.45) is 0 Å². The third kappa shape index (κ3) is 18.6. The number of benzene rings is 4.